The van der Waals surface area contributed by atoms with Crippen LogP contribution in [0.5, 0.6) is 0 Å². The molecule has 2 N–H and O–H groups in total. The highest BCUT2D eigenvalue weighted by molar-refractivity contribution is 5.75. The fourth-order valence-electron chi connectivity index (χ4n) is 2.75. The first kappa shape index (κ1) is 19.2. The third-order valence-corrected chi connectivity index (χ3v) is 4.24. The Labute approximate surface area is 149 Å². The molecule has 0 atom stereocenters. The maximum Gasteiger partial charge on any atom is 0.317 e. The predicted molar refractivity (Wildman–Crippen MR) is 95.2 cm³/mol. The summed E-state index contributed by atoms with van der Waals surface area (Å²) in [6.45, 7) is 8.01. The first-order valence-electron chi connectivity index (χ1n) is 8.72. The molecule has 138 valence electrons. The Kier molecular flexibility index (Phi) is 6.42. The minimum atomic E-state index is -0.769. The van der Waals surface area contributed by atoms with Gasteiger partial charge in [0.25, 0.3) is 0 Å². The number of carbonyl (C=O) groups is 2. The molecule has 1 heterocycles. The van der Waals surface area contributed by atoms with Gasteiger partial charge in [-0.15, -0.1) is 0 Å². The van der Waals surface area contributed by atoms with Gasteiger partial charge in [0.15, 0.2) is 0 Å². The maximum absolute atomic E-state index is 12.2. The van der Waals surface area contributed by atoms with E-state index in [1.54, 1.807) is 4.90 Å². The summed E-state index contributed by atoms with van der Waals surface area (Å²) in [7, 11) is 0. The number of carboxylic acid groups (broad SMARTS) is 1. The molecule has 6 heteroatoms. The van der Waals surface area contributed by atoms with Crippen LogP contribution in [0, 0.1) is 5.92 Å². The molecule has 2 rings (SSSR count). The summed E-state index contributed by atoms with van der Waals surface area (Å²) < 4.78 is 5.78. The highest BCUT2D eigenvalue weighted by Gasteiger charge is 2.26. The van der Waals surface area contributed by atoms with Crippen molar-refractivity contribution in [1.29, 1.82) is 0 Å². The van der Waals surface area contributed by atoms with E-state index in [2.05, 4.69) is 5.32 Å². The van der Waals surface area contributed by atoms with Crippen LogP contribution in [-0.4, -0.2) is 40.7 Å². The minimum absolute atomic E-state index is 0.139. The van der Waals surface area contributed by atoms with Crippen LogP contribution in [0.25, 0.3) is 0 Å². The molecule has 25 heavy (non-hydrogen) atoms. The van der Waals surface area contributed by atoms with E-state index < -0.39 is 5.97 Å². The van der Waals surface area contributed by atoms with Crippen LogP contribution in [0.4, 0.5) is 4.79 Å². The summed E-state index contributed by atoms with van der Waals surface area (Å²) in [4.78, 5) is 24.9. The predicted octanol–water partition coefficient (Wildman–Crippen LogP) is 3.01. The normalized spacial score (nSPS) is 15.9. The third kappa shape index (κ3) is 6.38. The summed E-state index contributed by atoms with van der Waals surface area (Å²) in [5, 5.41) is 11.9. The maximum atomic E-state index is 12.2. The highest BCUT2D eigenvalue weighted by atomic mass is 16.5. The number of likely N-dealkylation sites (tertiary alicyclic amines) is 1. The molecule has 0 radical (unpaired) electrons. The van der Waals surface area contributed by atoms with Crippen molar-refractivity contribution in [3.63, 3.8) is 0 Å². The third-order valence-electron chi connectivity index (χ3n) is 4.24. The number of benzene rings is 1. The van der Waals surface area contributed by atoms with Gasteiger partial charge in [-0.1, -0.05) is 24.3 Å². The van der Waals surface area contributed by atoms with Crippen LogP contribution < -0.4 is 5.32 Å². The van der Waals surface area contributed by atoms with Gasteiger partial charge >= 0.3 is 12.0 Å². The smallest absolute Gasteiger partial charge is 0.317 e. The quantitative estimate of drug-likeness (QED) is 0.857. The topological polar surface area (TPSA) is 78.9 Å². The number of piperidine rings is 1. The number of aliphatic carboxylic acids is 1. The number of amides is 2. The van der Waals surface area contributed by atoms with Crippen LogP contribution in [0.3, 0.4) is 0 Å². The molecule has 0 aliphatic carbocycles. The van der Waals surface area contributed by atoms with E-state index in [1.807, 2.05) is 45.0 Å². The van der Waals surface area contributed by atoms with Gasteiger partial charge in [-0.3, -0.25) is 4.79 Å². The Hall–Kier alpha value is -2.08. The molecule has 0 saturated carbocycles. The van der Waals surface area contributed by atoms with Crippen molar-refractivity contribution < 1.29 is 19.4 Å². The molecule has 0 bridgehead atoms. The van der Waals surface area contributed by atoms with E-state index >= 15 is 0 Å². The SMILES string of the molecule is CC(C)(C)OCc1cccc(CNC(=O)N2CCC(C(=O)O)CC2)c1. The largest absolute Gasteiger partial charge is 0.481 e. The molecular formula is C19H28N2O4. The second kappa shape index (κ2) is 8.34. The van der Waals surface area contributed by atoms with Crippen LogP contribution in [0.1, 0.15) is 44.7 Å². The summed E-state index contributed by atoms with van der Waals surface area (Å²) >= 11 is 0. The van der Waals surface area contributed by atoms with E-state index in [-0.39, 0.29) is 17.6 Å². The molecule has 6 nitrogen and oxygen atoms in total. The molecule has 1 saturated heterocycles. The van der Waals surface area contributed by atoms with Gasteiger partial charge in [-0.2, -0.15) is 0 Å². The minimum Gasteiger partial charge on any atom is -0.481 e. The molecule has 1 fully saturated rings. The number of urea groups is 1. The van der Waals surface area contributed by atoms with Crippen molar-refractivity contribution in [3.05, 3.63) is 35.4 Å². The molecular weight excluding hydrogens is 320 g/mol. The van der Waals surface area contributed by atoms with Crippen LogP contribution in [0.2, 0.25) is 0 Å². The average Bonchev–Trinajstić information content (AvgIpc) is 2.58. The van der Waals surface area contributed by atoms with Gasteiger partial charge < -0.3 is 20.1 Å². The number of hydrogen-bond acceptors (Lipinski definition) is 3. The first-order chi connectivity index (χ1) is 11.7. The van der Waals surface area contributed by atoms with E-state index in [0.717, 1.165) is 11.1 Å². The molecule has 0 spiro atoms. The van der Waals surface area contributed by atoms with Gasteiger partial charge in [0, 0.05) is 19.6 Å². The fraction of sp³-hybridized carbons (Fsp3) is 0.579. The number of hydrogen-bond donors (Lipinski definition) is 2. The summed E-state index contributed by atoms with van der Waals surface area (Å²) in [6, 6.07) is 7.83. The van der Waals surface area contributed by atoms with E-state index in [4.69, 9.17) is 9.84 Å². The van der Waals surface area contributed by atoms with Crippen molar-refractivity contribution in [2.24, 2.45) is 5.92 Å². The lowest BCUT2D eigenvalue weighted by Crippen LogP contribution is -2.45. The van der Waals surface area contributed by atoms with Gasteiger partial charge in [0.2, 0.25) is 0 Å². The van der Waals surface area contributed by atoms with Crippen molar-refractivity contribution in [2.45, 2.75) is 52.4 Å². The Morgan fingerprint density at radius 2 is 1.88 bits per heavy atom. The van der Waals surface area contributed by atoms with Crippen molar-refractivity contribution in [2.75, 3.05) is 13.1 Å². The summed E-state index contributed by atoms with van der Waals surface area (Å²) in [5.41, 5.74) is 1.90. The average molecular weight is 348 g/mol. The zero-order valence-electron chi connectivity index (χ0n) is 15.2. The number of nitrogens with one attached hydrogen (secondary N) is 1. The summed E-state index contributed by atoms with van der Waals surface area (Å²) in [5.74, 6) is -1.10. The van der Waals surface area contributed by atoms with Crippen LogP contribution >= 0.6 is 0 Å². The lowest BCUT2D eigenvalue weighted by molar-refractivity contribution is -0.143. The fourth-order valence-corrected chi connectivity index (χ4v) is 2.75. The van der Waals surface area contributed by atoms with E-state index in [9.17, 15) is 9.59 Å². The van der Waals surface area contributed by atoms with Gasteiger partial charge in [-0.25, -0.2) is 4.79 Å². The van der Waals surface area contributed by atoms with Crippen molar-refractivity contribution >= 4 is 12.0 Å². The zero-order chi connectivity index (χ0) is 18.4. The molecule has 0 aromatic heterocycles. The van der Waals surface area contributed by atoms with E-state index in [0.29, 0.717) is 39.1 Å². The lowest BCUT2D eigenvalue weighted by Gasteiger charge is -2.30. The first-order valence-corrected chi connectivity index (χ1v) is 8.72. The number of carboxylic acids is 1. The Morgan fingerprint density at radius 3 is 2.48 bits per heavy atom. The number of nitrogens with zero attached hydrogens (tertiary/aromatic N) is 1. The van der Waals surface area contributed by atoms with Gasteiger partial charge in [-0.05, 0) is 44.7 Å². The monoisotopic (exact) mass is 348 g/mol. The zero-order valence-corrected chi connectivity index (χ0v) is 15.2. The molecule has 0 unspecified atom stereocenters. The number of ether oxygens (including phenoxy) is 1. The molecule has 1 aliphatic rings. The van der Waals surface area contributed by atoms with Crippen LogP contribution in [0.15, 0.2) is 24.3 Å². The molecule has 1 aliphatic heterocycles. The Morgan fingerprint density at radius 1 is 1.24 bits per heavy atom. The molecule has 1 aromatic rings. The lowest BCUT2D eigenvalue weighted by atomic mass is 9.97. The van der Waals surface area contributed by atoms with Crippen LogP contribution in [-0.2, 0) is 22.7 Å². The van der Waals surface area contributed by atoms with Crippen molar-refractivity contribution in [1.82, 2.24) is 10.2 Å². The van der Waals surface area contributed by atoms with Crippen molar-refractivity contribution in [3.8, 4) is 0 Å². The molecule has 1 aromatic carbocycles. The standard InChI is InChI=1S/C19H28N2O4/c1-19(2,3)25-13-15-6-4-5-14(11-15)12-20-18(24)21-9-7-16(8-10-21)17(22)23/h4-6,11,16H,7-10,12-13H2,1-3H3,(H,20,24)(H,22,23). The van der Waals surface area contributed by atoms with Gasteiger partial charge in [0.1, 0.15) is 0 Å². The number of carbonyl (C=O) groups excluding carboxylic acids is 1. The second-order valence-corrected chi connectivity index (χ2v) is 7.48. The molecule has 2 amide bonds. The van der Waals surface area contributed by atoms with Gasteiger partial charge in [0.05, 0.1) is 18.1 Å². The highest BCUT2D eigenvalue weighted by Crippen LogP contribution is 2.17. The Balaban J connectivity index is 1.81. The summed E-state index contributed by atoms with van der Waals surface area (Å²) in [6.07, 6.45) is 1.03. The Bertz CT molecular complexity index is 602. The second-order valence-electron chi connectivity index (χ2n) is 7.48. The van der Waals surface area contributed by atoms with E-state index in [1.165, 1.54) is 0 Å². The number of rotatable bonds is 5.